The van der Waals surface area contributed by atoms with Crippen LogP contribution in [0.15, 0.2) is 0 Å². The highest BCUT2D eigenvalue weighted by Gasteiger charge is 2.47. The van der Waals surface area contributed by atoms with E-state index in [4.69, 9.17) is 4.74 Å². The van der Waals surface area contributed by atoms with Gasteiger partial charge in [0.1, 0.15) is 5.54 Å². The van der Waals surface area contributed by atoms with Gasteiger partial charge in [0, 0.05) is 33.4 Å². The van der Waals surface area contributed by atoms with E-state index >= 15 is 0 Å². The summed E-state index contributed by atoms with van der Waals surface area (Å²) < 4.78 is 5.31. The van der Waals surface area contributed by atoms with Crippen LogP contribution in [0.3, 0.4) is 0 Å². The Morgan fingerprint density at radius 1 is 1.53 bits per heavy atom. The average molecular weight is 215 g/mol. The summed E-state index contributed by atoms with van der Waals surface area (Å²) in [7, 11) is 1.54. The predicted octanol–water partition coefficient (Wildman–Crippen LogP) is 0.487. The third-order valence-electron chi connectivity index (χ3n) is 3.06. The van der Waals surface area contributed by atoms with Gasteiger partial charge in [-0.3, -0.25) is 4.79 Å². The summed E-state index contributed by atoms with van der Waals surface area (Å²) in [6.07, 6.45) is 0.567. The number of hydrogen-bond donors (Lipinski definition) is 1. The van der Waals surface area contributed by atoms with E-state index in [0.717, 1.165) is 0 Å². The van der Waals surface area contributed by atoms with E-state index in [1.165, 1.54) is 18.9 Å². The second-order valence-electron chi connectivity index (χ2n) is 4.05. The van der Waals surface area contributed by atoms with Crippen LogP contribution < -0.4 is 0 Å². The highest BCUT2D eigenvalue weighted by molar-refractivity contribution is 5.86. The molecule has 86 valence electrons. The van der Waals surface area contributed by atoms with Crippen molar-refractivity contribution in [2.24, 2.45) is 0 Å². The Hall–Kier alpha value is -1.10. The van der Waals surface area contributed by atoms with Crippen LogP contribution in [-0.2, 0) is 14.3 Å². The smallest absolute Gasteiger partial charge is 0.329 e. The zero-order valence-corrected chi connectivity index (χ0v) is 9.32. The minimum atomic E-state index is -1.09. The fourth-order valence-electron chi connectivity index (χ4n) is 2.01. The van der Waals surface area contributed by atoms with Crippen molar-refractivity contribution in [3.8, 4) is 0 Å². The molecule has 1 amide bonds. The van der Waals surface area contributed by atoms with Crippen LogP contribution in [0.5, 0.6) is 0 Å². The van der Waals surface area contributed by atoms with E-state index < -0.39 is 11.5 Å². The summed E-state index contributed by atoms with van der Waals surface area (Å²) in [5.41, 5.74) is -1.09. The molecule has 1 N–H and O–H groups in total. The largest absolute Gasteiger partial charge is 0.479 e. The number of rotatable bonds is 2. The molecule has 15 heavy (non-hydrogen) atoms. The van der Waals surface area contributed by atoms with Crippen molar-refractivity contribution in [2.45, 2.75) is 38.3 Å². The Bertz CT molecular complexity index is 279. The van der Waals surface area contributed by atoms with Crippen molar-refractivity contribution in [2.75, 3.05) is 13.7 Å². The normalized spacial score (nSPS) is 31.0. The molecule has 1 fully saturated rings. The van der Waals surface area contributed by atoms with Gasteiger partial charge >= 0.3 is 5.97 Å². The third kappa shape index (κ3) is 2.12. The molecule has 0 aliphatic carbocycles. The first-order valence-electron chi connectivity index (χ1n) is 4.99. The molecular weight excluding hydrogens is 198 g/mol. The van der Waals surface area contributed by atoms with Gasteiger partial charge in [0.15, 0.2) is 0 Å². The third-order valence-corrected chi connectivity index (χ3v) is 3.06. The Balaban J connectivity index is 2.97. The van der Waals surface area contributed by atoms with Crippen LogP contribution in [0.1, 0.15) is 26.7 Å². The van der Waals surface area contributed by atoms with Gasteiger partial charge in [-0.15, -0.1) is 0 Å². The van der Waals surface area contributed by atoms with Crippen molar-refractivity contribution >= 4 is 11.9 Å². The van der Waals surface area contributed by atoms with Crippen molar-refractivity contribution in [3.63, 3.8) is 0 Å². The Kier molecular flexibility index (Phi) is 3.34. The van der Waals surface area contributed by atoms with E-state index in [1.54, 1.807) is 0 Å². The van der Waals surface area contributed by atoms with Crippen LogP contribution >= 0.6 is 0 Å². The minimum absolute atomic E-state index is 0.128. The van der Waals surface area contributed by atoms with Gasteiger partial charge in [-0.1, -0.05) is 0 Å². The lowest BCUT2D eigenvalue weighted by Gasteiger charge is -2.42. The number of hydrogen-bond acceptors (Lipinski definition) is 3. The summed E-state index contributed by atoms with van der Waals surface area (Å²) >= 11 is 0. The Labute approximate surface area is 89.0 Å². The van der Waals surface area contributed by atoms with Crippen LogP contribution in [-0.4, -0.2) is 47.2 Å². The first-order valence-corrected chi connectivity index (χ1v) is 4.99. The van der Waals surface area contributed by atoms with Crippen LogP contribution in [0.2, 0.25) is 0 Å². The molecule has 2 unspecified atom stereocenters. The predicted molar refractivity (Wildman–Crippen MR) is 53.5 cm³/mol. The lowest BCUT2D eigenvalue weighted by molar-refractivity contribution is -0.167. The summed E-state index contributed by atoms with van der Waals surface area (Å²) in [5.74, 6) is -1.18. The molecule has 2 atom stereocenters. The van der Waals surface area contributed by atoms with Gasteiger partial charge in [0.2, 0.25) is 5.91 Å². The highest BCUT2D eigenvalue weighted by atomic mass is 16.5. The molecule has 5 nitrogen and oxygen atoms in total. The van der Waals surface area contributed by atoms with Gasteiger partial charge in [-0.25, -0.2) is 4.79 Å². The van der Waals surface area contributed by atoms with Crippen LogP contribution in [0.4, 0.5) is 0 Å². The number of carbonyl (C=O) groups is 2. The fourth-order valence-corrected chi connectivity index (χ4v) is 2.01. The summed E-state index contributed by atoms with van der Waals surface area (Å²) in [6, 6.07) is 0. The zero-order valence-electron chi connectivity index (χ0n) is 9.32. The maximum Gasteiger partial charge on any atom is 0.329 e. The van der Waals surface area contributed by atoms with Crippen molar-refractivity contribution in [1.29, 1.82) is 0 Å². The zero-order chi connectivity index (χ0) is 11.6. The van der Waals surface area contributed by atoms with Gasteiger partial charge in [-0.05, 0) is 6.92 Å². The standard InChI is InChI=1S/C10H17NO4/c1-7-6-10(9(13)14,4-5-15-7)11(3)8(2)12/h7H,4-6H2,1-3H3,(H,13,14). The number of likely N-dealkylation sites (N-methyl/N-ethyl adjacent to an activating group) is 1. The summed E-state index contributed by atoms with van der Waals surface area (Å²) in [4.78, 5) is 23.9. The number of carboxylic acids is 1. The molecule has 1 aliphatic rings. The quantitative estimate of drug-likeness (QED) is 0.727. The molecule has 1 saturated heterocycles. The molecule has 0 saturated carbocycles. The second kappa shape index (κ2) is 4.18. The first kappa shape index (κ1) is 12.0. The molecule has 0 bridgehead atoms. The van der Waals surface area contributed by atoms with E-state index in [2.05, 4.69) is 0 Å². The van der Waals surface area contributed by atoms with Gasteiger partial charge in [0.25, 0.3) is 0 Å². The monoisotopic (exact) mass is 215 g/mol. The van der Waals surface area contributed by atoms with E-state index in [9.17, 15) is 14.7 Å². The minimum Gasteiger partial charge on any atom is -0.479 e. The molecule has 1 aliphatic heterocycles. The molecule has 5 heteroatoms. The molecular formula is C10H17NO4. The topological polar surface area (TPSA) is 66.8 Å². The molecule has 0 aromatic rings. The molecule has 1 heterocycles. The lowest BCUT2D eigenvalue weighted by Crippen LogP contribution is -2.58. The SMILES string of the molecule is CC(=O)N(C)C1(C(=O)O)CCOC(C)C1. The van der Waals surface area contributed by atoms with Gasteiger partial charge < -0.3 is 14.7 Å². The van der Waals surface area contributed by atoms with Crippen LogP contribution in [0.25, 0.3) is 0 Å². The van der Waals surface area contributed by atoms with Crippen molar-refractivity contribution in [1.82, 2.24) is 4.90 Å². The van der Waals surface area contributed by atoms with Crippen molar-refractivity contribution < 1.29 is 19.4 Å². The fraction of sp³-hybridized carbons (Fsp3) is 0.800. The molecule has 1 rings (SSSR count). The summed E-state index contributed by atoms with van der Waals surface area (Å²) in [6.45, 7) is 3.58. The van der Waals surface area contributed by atoms with Crippen LogP contribution in [0, 0.1) is 0 Å². The van der Waals surface area contributed by atoms with E-state index in [-0.39, 0.29) is 12.0 Å². The number of amides is 1. The number of nitrogens with zero attached hydrogens (tertiary/aromatic N) is 1. The van der Waals surface area contributed by atoms with E-state index in [1.807, 2.05) is 6.92 Å². The average Bonchev–Trinajstić information content (AvgIpc) is 2.16. The number of carbonyl (C=O) groups excluding carboxylic acids is 1. The number of aliphatic carboxylic acids is 1. The van der Waals surface area contributed by atoms with E-state index in [0.29, 0.717) is 19.4 Å². The van der Waals surface area contributed by atoms with Crippen molar-refractivity contribution in [3.05, 3.63) is 0 Å². The van der Waals surface area contributed by atoms with Gasteiger partial charge in [0.05, 0.1) is 6.10 Å². The number of ether oxygens (including phenoxy) is 1. The summed E-state index contributed by atoms with van der Waals surface area (Å²) in [5, 5.41) is 9.28. The maximum atomic E-state index is 11.3. The number of carboxylic acid groups (broad SMARTS) is 1. The first-order chi connectivity index (χ1) is 6.90. The molecule has 0 spiro atoms. The van der Waals surface area contributed by atoms with Gasteiger partial charge in [-0.2, -0.15) is 0 Å². The Morgan fingerprint density at radius 2 is 2.13 bits per heavy atom. The highest BCUT2D eigenvalue weighted by Crippen LogP contribution is 2.30. The molecule has 0 aromatic heterocycles. The molecule has 0 aromatic carbocycles. The lowest BCUT2D eigenvalue weighted by atomic mass is 9.85. The Morgan fingerprint density at radius 3 is 2.53 bits per heavy atom. The second-order valence-corrected chi connectivity index (χ2v) is 4.05. The molecule has 0 radical (unpaired) electrons. The maximum absolute atomic E-state index is 11.3.